The number of carbonyl (C=O) groups is 1. The number of rotatable bonds is 5. The number of carbonyl (C=O) groups excluding carboxylic acids is 1. The van der Waals surface area contributed by atoms with Gasteiger partial charge in [0.25, 0.3) is 11.6 Å². The second-order valence-electron chi connectivity index (χ2n) is 5.25. The van der Waals surface area contributed by atoms with E-state index in [-0.39, 0.29) is 17.3 Å². The molecule has 6 heteroatoms. The molecule has 0 heterocycles. The highest BCUT2D eigenvalue weighted by Crippen LogP contribution is 2.25. The van der Waals surface area contributed by atoms with Gasteiger partial charge in [-0.15, -0.1) is 0 Å². The fourth-order valence-corrected chi connectivity index (χ4v) is 2.20. The topological polar surface area (TPSA) is 81.5 Å². The van der Waals surface area contributed by atoms with Gasteiger partial charge >= 0.3 is 0 Å². The number of nitrogens with one attached hydrogen (secondary N) is 1. The van der Waals surface area contributed by atoms with Crippen LogP contribution in [0.25, 0.3) is 0 Å². The van der Waals surface area contributed by atoms with Crippen LogP contribution < -0.4 is 10.1 Å². The third-order valence-corrected chi connectivity index (χ3v) is 3.56. The molecule has 1 atom stereocenters. The molecule has 0 bridgehead atoms. The van der Waals surface area contributed by atoms with Gasteiger partial charge in [-0.05, 0) is 25.5 Å². The van der Waals surface area contributed by atoms with Crippen LogP contribution in [0.2, 0.25) is 0 Å². The summed E-state index contributed by atoms with van der Waals surface area (Å²) >= 11 is 0. The quantitative estimate of drug-likeness (QED) is 0.677. The molecule has 23 heavy (non-hydrogen) atoms. The normalized spacial score (nSPS) is 11.6. The van der Waals surface area contributed by atoms with Gasteiger partial charge in [0.2, 0.25) is 0 Å². The number of non-ortho nitro benzene ring substituents is 1. The van der Waals surface area contributed by atoms with Crippen molar-refractivity contribution in [2.45, 2.75) is 19.9 Å². The van der Waals surface area contributed by atoms with Gasteiger partial charge in [-0.1, -0.05) is 29.8 Å². The molecule has 0 saturated carbocycles. The van der Waals surface area contributed by atoms with Crippen molar-refractivity contribution >= 4 is 11.6 Å². The molecule has 6 nitrogen and oxygen atoms in total. The van der Waals surface area contributed by atoms with Crippen molar-refractivity contribution in [1.82, 2.24) is 5.32 Å². The van der Waals surface area contributed by atoms with Gasteiger partial charge < -0.3 is 10.1 Å². The van der Waals surface area contributed by atoms with Crippen LogP contribution in [0.4, 0.5) is 5.69 Å². The molecule has 0 spiro atoms. The molecule has 1 N–H and O–H groups in total. The van der Waals surface area contributed by atoms with E-state index in [1.807, 2.05) is 38.1 Å². The van der Waals surface area contributed by atoms with Gasteiger partial charge in [0.05, 0.1) is 23.6 Å². The maximum absolute atomic E-state index is 12.4. The van der Waals surface area contributed by atoms with E-state index in [0.29, 0.717) is 5.75 Å². The number of ether oxygens (including phenoxy) is 1. The minimum atomic E-state index is -0.542. The minimum Gasteiger partial charge on any atom is -0.496 e. The van der Waals surface area contributed by atoms with Gasteiger partial charge in [-0.2, -0.15) is 0 Å². The van der Waals surface area contributed by atoms with E-state index in [2.05, 4.69) is 5.32 Å². The lowest BCUT2D eigenvalue weighted by molar-refractivity contribution is -0.384. The average Bonchev–Trinajstić information content (AvgIpc) is 2.54. The monoisotopic (exact) mass is 314 g/mol. The number of nitro benzene ring substituents is 1. The standard InChI is InChI=1S/C17H18N2O4/c1-11-4-6-13(7-5-11)12(2)18-17(20)15-10-14(19(21)22)8-9-16(15)23-3/h4-10,12H,1-3H3,(H,18,20). The summed E-state index contributed by atoms with van der Waals surface area (Å²) < 4.78 is 5.12. The molecule has 2 aromatic carbocycles. The smallest absolute Gasteiger partial charge is 0.270 e. The molecule has 0 aromatic heterocycles. The predicted octanol–water partition coefficient (Wildman–Crippen LogP) is 3.40. The fraction of sp³-hybridized carbons (Fsp3) is 0.235. The molecular formula is C17H18N2O4. The molecular weight excluding hydrogens is 296 g/mol. The molecule has 1 amide bonds. The Labute approximate surface area is 134 Å². The van der Waals surface area contributed by atoms with E-state index in [4.69, 9.17) is 4.74 Å². The van der Waals surface area contributed by atoms with Gasteiger partial charge in [0.15, 0.2) is 0 Å². The summed E-state index contributed by atoms with van der Waals surface area (Å²) in [5, 5.41) is 13.7. The third-order valence-electron chi connectivity index (χ3n) is 3.56. The first-order chi connectivity index (χ1) is 10.9. The highest BCUT2D eigenvalue weighted by Gasteiger charge is 2.19. The molecule has 1 unspecified atom stereocenters. The second-order valence-corrected chi connectivity index (χ2v) is 5.25. The molecule has 0 aliphatic carbocycles. The predicted molar refractivity (Wildman–Crippen MR) is 86.7 cm³/mol. The molecule has 0 radical (unpaired) electrons. The molecule has 120 valence electrons. The zero-order valence-electron chi connectivity index (χ0n) is 13.2. The lowest BCUT2D eigenvalue weighted by atomic mass is 10.1. The van der Waals surface area contributed by atoms with Crippen LogP contribution in [0.1, 0.15) is 34.5 Å². The van der Waals surface area contributed by atoms with E-state index in [0.717, 1.165) is 11.1 Å². The molecule has 2 aromatic rings. The van der Waals surface area contributed by atoms with Crippen LogP contribution in [-0.4, -0.2) is 17.9 Å². The van der Waals surface area contributed by atoms with Crippen molar-refractivity contribution in [3.05, 3.63) is 69.3 Å². The number of hydrogen-bond donors (Lipinski definition) is 1. The first kappa shape index (κ1) is 16.5. The number of nitro groups is 1. The van der Waals surface area contributed by atoms with E-state index >= 15 is 0 Å². The van der Waals surface area contributed by atoms with Crippen molar-refractivity contribution in [1.29, 1.82) is 0 Å². The summed E-state index contributed by atoms with van der Waals surface area (Å²) in [6, 6.07) is 11.5. The van der Waals surface area contributed by atoms with E-state index in [1.54, 1.807) is 0 Å². The third kappa shape index (κ3) is 3.85. The summed E-state index contributed by atoms with van der Waals surface area (Å²) in [4.78, 5) is 22.8. The molecule has 2 rings (SSSR count). The highest BCUT2D eigenvalue weighted by molar-refractivity contribution is 5.97. The Morgan fingerprint density at radius 3 is 2.43 bits per heavy atom. The summed E-state index contributed by atoms with van der Waals surface area (Å²) in [5.41, 5.74) is 2.07. The van der Waals surface area contributed by atoms with Crippen LogP contribution in [0, 0.1) is 17.0 Å². The van der Waals surface area contributed by atoms with Crippen molar-refractivity contribution in [3.8, 4) is 5.75 Å². The Morgan fingerprint density at radius 2 is 1.87 bits per heavy atom. The zero-order chi connectivity index (χ0) is 17.0. The molecule has 0 fully saturated rings. The Kier molecular flexibility index (Phi) is 4.95. The number of amides is 1. The minimum absolute atomic E-state index is 0.140. The van der Waals surface area contributed by atoms with Crippen molar-refractivity contribution in [2.24, 2.45) is 0 Å². The first-order valence-electron chi connectivity index (χ1n) is 7.12. The number of benzene rings is 2. The molecule has 0 aliphatic heterocycles. The summed E-state index contributed by atoms with van der Waals surface area (Å²) in [6.07, 6.45) is 0. The van der Waals surface area contributed by atoms with Crippen LogP contribution in [0.5, 0.6) is 5.75 Å². The average molecular weight is 314 g/mol. The Bertz CT molecular complexity index is 726. The zero-order valence-corrected chi connectivity index (χ0v) is 13.2. The van der Waals surface area contributed by atoms with Crippen LogP contribution in [-0.2, 0) is 0 Å². The maximum Gasteiger partial charge on any atom is 0.270 e. The van der Waals surface area contributed by atoms with Crippen molar-refractivity contribution in [2.75, 3.05) is 7.11 Å². The number of methoxy groups -OCH3 is 1. The van der Waals surface area contributed by atoms with Crippen molar-refractivity contribution < 1.29 is 14.5 Å². The highest BCUT2D eigenvalue weighted by atomic mass is 16.6. The molecule has 0 saturated heterocycles. The maximum atomic E-state index is 12.4. The van der Waals surface area contributed by atoms with Crippen molar-refractivity contribution in [3.63, 3.8) is 0 Å². The number of aryl methyl sites for hydroxylation is 1. The summed E-state index contributed by atoms with van der Waals surface area (Å²) in [6.45, 7) is 3.84. The molecule has 0 aliphatic rings. The fourth-order valence-electron chi connectivity index (χ4n) is 2.20. The van der Waals surface area contributed by atoms with E-state index in [1.165, 1.54) is 25.3 Å². The SMILES string of the molecule is COc1ccc([N+](=O)[O-])cc1C(=O)NC(C)c1ccc(C)cc1. The van der Waals surface area contributed by atoms with Gasteiger partial charge in [-0.3, -0.25) is 14.9 Å². The largest absolute Gasteiger partial charge is 0.496 e. The van der Waals surface area contributed by atoms with Gasteiger partial charge in [0.1, 0.15) is 5.75 Å². The number of hydrogen-bond acceptors (Lipinski definition) is 4. The van der Waals surface area contributed by atoms with Crippen LogP contribution in [0.3, 0.4) is 0 Å². The lowest BCUT2D eigenvalue weighted by Crippen LogP contribution is -2.27. The van der Waals surface area contributed by atoms with E-state index in [9.17, 15) is 14.9 Å². The summed E-state index contributed by atoms with van der Waals surface area (Å²) in [5.74, 6) is -0.122. The Morgan fingerprint density at radius 1 is 1.22 bits per heavy atom. The van der Waals surface area contributed by atoms with Gasteiger partial charge in [0, 0.05) is 12.1 Å². The Hall–Kier alpha value is -2.89. The Balaban J connectivity index is 2.24. The van der Waals surface area contributed by atoms with Gasteiger partial charge in [-0.25, -0.2) is 0 Å². The van der Waals surface area contributed by atoms with Crippen LogP contribution >= 0.6 is 0 Å². The first-order valence-corrected chi connectivity index (χ1v) is 7.12. The summed E-state index contributed by atoms with van der Waals surface area (Å²) in [7, 11) is 1.42. The second kappa shape index (κ2) is 6.91. The lowest BCUT2D eigenvalue weighted by Gasteiger charge is -2.16. The van der Waals surface area contributed by atoms with E-state index < -0.39 is 10.8 Å². The van der Waals surface area contributed by atoms with Crippen LogP contribution in [0.15, 0.2) is 42.5 Å². The number of nitrogens with zero attached hydrogens (tertiary/aromatic N) is 1.